The number of alkyl halides is 3. The molecule has 28 heavy (non-hydrogen) atoms. The minimum Gasteiger partial charge on any atom is -0.399 e. The Hall–Kier alpha value is -2.74. The summed E-state index contributed by atoms with van der Waals surface area (Å²) in [4.78, 5) is 16.5. The second-order valence-corrected chi connectivity index (χ2v) is 6.85. The van der Waals surface area contributed by atoms with Crippen LogP contribution in [-0.4, -0.2) is 49.7 Å². The van der Waals surface area contributed by atoms with Crippen LogP contribution in [-0.2, 0) is 6.54 Å². The molecule has 0 saturated carbocycles. The number of amides is 1. The molecular weight excluding hydrogens is 369 g/mol. The van der Waals surface area contributed by atoms with E-state index in [2.05, 4.69) is 9.80 Å². The normalized spacial score (nSPS) is 15.5. The minimum absolute atomic E-state index is 0.238. The van der Waals surface area contributed by atoms with Crippen molar-refractivity contribution in [3.8, 4) is 0 Å². The maximum Gasteiger partial charge on any atom is 0.405 e. The Kier molecular flexibility index (Phi) is 6.08. The number of rotatable bonds is 5. The minimum atomic E-state index is -4.42. The number of hydrogen-bond donors (Lipinski definition) is 2. The number of nitrogens with zero attached hydrogens (tertiary/aromatic N) is 2. The number of carbonyl (C=O) groups is 1. The van der Waals surface area contributed by atoms with Crippen molar-refractivity contribution < 1.29 is 18.0 Å². The lowest BCUT2D eigenvalue weighted by Gasteiger charge is -2.36. The fraction of sp³-hybridized carbons (Fsp3) is 0.350. The molecule has 3 N–H and O–H groups in total. The van der Waals surface area contributed by atoms with Crippen molar-refractivity contribution in [3.05, 3.63) is 59.7 Å². The zero-order chi connectivity index (χ0) is 20.1. The number of anilines is 2. The number of carbonyl (C=O) groups excluding carboxylic acids is 1. The Morgan fingerprint density at radius 2 is 1.71 bits per heavy atom. The van der Waals surface area contributed by atoms with Crippen molar-refractivity contribution in [1.82, 2.24) is 10.2 Å². The Morgan fingerprint density at radius 1 is 1.04 bits per heavy atom. The number of hydrogen-bond acceptors (Lipinski definition) is 4. The lowest BCUT2D eigenvalue weighted by Crippen LogP contribution is -2.46. The highest BCUT2D eigenvalue weighted by Crippen LogP contribution is 2.19. The predicted molar refractivity (Wildman–Crippen MR) is 103 cm³/mol. The van der Waals surface area contributed by atoms with E-state index in [9.17, 15) is 18.0 Å². The summed E-state index contributed by atoms with van der Waals surface area (Å²) in [5.74, 6) is -0.715. The highest BCUT2D eigenvalue weighted by molar-refractivity contribution is 5.94. The van der Waals surface area contributed by atoms with E-state index in [0.29, 0.717) is 6.54 Å². The SMILES string of the molecule is Nc1ccc(N2CCN(Cc3cccc(C(=O)NCC(F)(F)F)c3)CC2)cc1. The fourth-order valence-electron chi connectivity index (χ4n) is 3.20. The number of nitrogen functional groups attached to an aromatic ring is 1. The standard InChI is InChI=1S/C20H23F3N4O/c21-20(22,23)14-25-19(28)16-3-1-2-15(12-16)13-26-8-10-27(11-9-26)18-6-4-17(24)5-7-18/h1-7,12H,8-11,13-14,24H2,(H,25,28). The van der Waals surface area contributed by atoms with E-state index < -0.39 is 18.6 Å². The highest BCUT2D eigenvalue weighted by atomic mass is 19.4. The van der Waals surface area contributed by atoms with Gasteiger partial charge in [0.05, 0.1) is 0 Å². The Balaban J connectivity index is 1.53. The summed E-state index contributed by atoms with van der Waals surface area (Å²) >= 11 is 0. The second kappa shape index (κ2) is 8.52. The molecule has 0 aliphatic carbocycles. The molecule has 1 amide bonds. The summed E-state index contributed by atoms with van der Waals surface area (Å²) in [6, 6.07) is 14.5. The van der Waals surface area contributed by atoms with Gasteiger partial charge in [0.2, 0.25) is 0 Å². The largest absolute Gasteiger partial charge is 0.405 e. The molecule has 0 spiro atoms. The predicted octanol–water partition coefficient (Wildman–Crippen LogP) is 2.88. The number of halogens is 3. The van der Waals surface area contributed by atoms with Crippen molar-refractivity contribution in [2.24, 2.45) is 0 Å². The second-order valence-electron chi connectivity index (χ2n) is 6.85. The van der Waals surface area contributed by atoms with Gasteiger partial charge >= 0.3 is 6.18 Å². The zero-order valence-corrected chi connectivity index (χ0v) is 15.4. The lowest BCUT2D eigenvalue weighted by molar-refractivity contribution is -0.123. The summed E-state index contributed by atoms with van der Waals surface area (Å²) in [6.07, 6.45) is -4.42. The van der Waals surface area contributed by atoms with Gasteiger partial charge in [-0.05, 0) is 42.0 Å². The molecule has 0 radical (unpaired) electrons. The average Bonchev–Trinajstić information content (AvgIpc) is 2.67. The van der Waals surface area contributed by atoms with Gasteiger partial charge in [0.15, 0.2) is 0 Å². The number of piperazine rings is 1. The van der Waals surface area contributed by atoms with E-state index in [1.807, 2.05) is 35.6 Å². The molecule has 0 aromatic heterocycles. The quantitative estimate of drug-likeness (QED) is 0.769. The summed E-state index contributed by atoms with van der Waals surface area (Å²) in [7, 11) is 0. The lowest BCUT2D eigenvalue weighted by atomic mass is 10.1. The Morgan fingerprint density at radius 3 is 2.36 bits per heavy atom. The molecule has 1 aliphatic heterocycles. The van der Waals surface area contributed by atoms with Gasteiger partial charge in [-0.25, -0.2) is 0 Å². The van der Waals surface area contributed by atoms with Gasteiger partial charge in [0, 0.05) is 49.7 Å². The van der Waals surface area contributed by atoms with E-state index in [1.165, 1.54) is 6.07 Å². The summed E-state index contributed by atoms with van der Waals surface area (Å²) in [5, 5.41) is 1.90. The average molecular weight is 392 g/mol. The van der Waals surface area contributed by atoms with Crippen LogP contribution in [0.25, 0.3) is 0 Å². The summed E-state index contributed by atoms with van der Waals surface area (Å²) < 4.78 is 36.8. The van der Waals surface area contributed by atoms with E-state index in [0.717, 1.165) is 43.1 Å². The van der Waals surface area contributed by atoms with Crippen LogP contribution in [0.2, 0.25) is 0 Å². The van der Waals surface area contributed by atoms with Crippen LogP contribution in [0.5, 0.6) is 0 Å². The van der Waals surface area contributed by atoms with Crippen molar-refractivity contribution in [2.75, 3.05) is 43.4 Å². The molecule has 8 heteroatoms. The van der Waals surface area contributed by atoms with Crippen molar-refractivity contribution in [2.45, 2.75) is 12.7 Å². The Bertz CT molecular complexity index is 800. The van der Waals surface area contributed by atoms with Gasteiger partial charge in [0.1, 0.15) is 6.54 Å². The van der Waals surface area contributed by atoms with Crippen molar-refractivity contribution >= 4 is 17.3 Å². The maximum absolute atomic E-state index is 12.3. The first-order chi connectivity index (χ1) is 13.3. The molecule has 2 aromatic rings. The van der Waals surface area contributed by atoms with Crippen molar-refractivity contribution in [3.63, 3.8) is 0 Å². The van der Waals surface area contributed by atoms with Crippen LogP contribution in [0.15, 0.2) is 48.5 Å². The fourth-order valence-corrected chi connectivity index (χ4v) is 3.20. The van der Waals surface area contributed by atoms with Gasteiger partial charge in [-0.15, -0.1) is 0 Å². The third-order valence-corrected chi connectivity index (χ3v) is 4.68. The van der Waals surface area contributed by atoms with Crippen LogP contribution >= 0.6 is 0 Å². The molecule has 5 nitrogen and oxygen atoms in total. The summed E-state index contributed by atoms with van der Waals surface area (Å²) in [5.41, 5.74) is 8.74. The molecule has 0 bridgehead atoms. The first kappa shape index (κ1) is 20.0. The molecule has 3 rings (SSSR count). The van der Waals surface area contributed by atoms with Crippen LogP contribution in [0.4, 0.5) is 24.5 Å². The molecule has 1 aliphatic rings. The van der Waals surface area contributed by atoms with Crippen LogP contribution in [0, 0.1) is 0 Å². The van der Waals surface area contributed by atoms with Crippen LogP contribution in [0.1, 0.15) is 15.9 Å². The molecule has 1 saturated heterocycles. The number of nitrogens with two attached hydrogens (primary N) is 1. The smallest absolute Gasteiger partial charge is 0.399 e. The first-order valence-corrected chi connectivity index (χ1v) is 9.07. The van der Waals surface area contributed by atoms with E-state index in [1.54, 1.807) is 12.1 Å². The highest BCUT2D eigenvalue weighted by Gasteiger charge is 2.28. The zero-order valence-electron chi connectivity index (χ0n) is 15.4. The monoisotopic (exact) mass is 392 g/mol. The number of benzene rings is 2. The molecule has 0 unspecified atom stereocenters. The topological polar surface area (TPSA) is 61.6 Å². The van der Waals surface area contributed by atoms with Gasteiger partial charge in [0.25, 0.3) is 5.91 Å². The summed E-state index contributed by atoms with van der Waals surface area (Å²) in [6.45, 7) is 2.77. The van der Waals surface area contributed by atoms with E-state index >= 15 is 0 Å². The maximum atomic E-state index is 12.3. The third-order valence-electron chi connectivity index (χ3n) is 4.68. The van der Waals surface area contributed by atoms with Crippen LogP contribution < -0.4 is 16.0 Å². The van der Waals surface area contributed by atoms with Gasteiger partial charge < -0.3 is 16.0 Å². The molecule has 150 valence electrons. The third kappa shape index (κ3) is 5.63. The van der Waals surface area contributed by atoms with Gasteiger partial charge in [-0.1, -0.05) is 12.1 Å². The first-order valence-electron chi connectivity index (χ1n) is 9.07. The molecular formula is C20H23F3N4O. The number of nitrogens with one attached hydrogen (secondary N) is 1. The molecule has 2 aromatic carbocycles. The van der Waals surface area contributed by atoms with E-state index in [4.69, 9.17) is 5.73 Å². The Labute approximate surface area is 161 Å². The van der Waals surface area contributed by atoms with E-state index in [-0.39, 0.29) is 5.56 Å². The van der Waals surface area contributed by atoms with Gasteiger partial charge in [-0.3, -0.25) is 9.69 Å². The molecule has 1 fully saturated rings. The van der Waals surface area contributed by atoms with Crippen molar-refractivity contribution in [1.29, 1.82) is 0 Å². The van der Waals surface area contributed by atoms with Crippen LogP contribution in [0.3, 0.4) is 0 Å². The van der Waals surface area contributed by atoms with Gasteiger partial charge in [-0.2, -0.15) is 13.2 Å². The molecule has 1 heterocycles. The molecule has 0 atom stereocenters.